The first kappa shape index (κ1) is 16.9. The van der Waals surface area contributed by atoms with Crippen LogP contribution < -0.4 is 5.32 Å². The fraction of sp³-hybridized carbons (Fsp3) is 1.00. The van der Waals surface area contributed by atoms with Crippen LogP contribution in [0.2, 0.25) is 0 Å². The zero-order valence-corrected chi connectivity index (χ0v) is 13.0. The van der Waals surface area contributed by atoms with Crippen molar-refractivity contribution < 1.29 is 0 Å². The number of hydrogen-bond acceptors (Lipinski definition) is 2. The largest absolute Gasteiger partial charge is 0.312 e. The number of nitrogens with zero attached hydrogens (tertiary/aromatic N) is 1. The van der Waals surface area contributed by atoms with E-state index in [1.165, 1.54) is 38.9 Å². The first-order chi connectivity index (χ1) is 7.95. The Morgan fingerprint density at radius 1 is 1.06 bits per heavy atom. The van der Waals surface area contributed by atoms with Crippen molar-refractivity contribution in [2.24, 2.45) is 5.41 Å². The summed E-state index contributed by atoms with van der Waals surface area (Å²) >= 11 is 0. The molecule has 0 aromatic carbocycles. The Labute approximate surface area is 109 Å². The van der Waals surface area contributed by atoms with Gasteiger partial charge in [-0.25, -0.2) is 0 Å². The molecule has 0 bridgehead atoms. The molecule has 1 atom stereocenters. The van der Waals surface area contributed by atoms with Crippen LogP contribution in [0.5, 0.6) is 0 Å². The Morgan fingerprint density at radius 2 is 1.71 bits per heavy atom. The molecule has 1 N–H and O–H groups in total. The van der Waals surface area contributed by atoms with Gasteiger partial charge in [0.2, 0.25) is 0 Å². The molecule has 0 aliphatic carbocycles. The second kappa shape index (κ2) is 8.93. The van der Waals surface area contributed by atoms with Gasteiger partial charge in [-0.2, -0.15) is 0 Å². The molecule has 1 unspecified atom stereocenters. The Hall–Kier alpha value is -0.0800. The van der Waals surface area contributed by atoms with Crippen LogP contribution in [0.3, 0.4) is 0 Å². The average Bonchev–Trinajstić information content (AvgIpc) is 2.26. The quantitative estimate of drug-likeness (QED) is 0.665. The Morgan fingerprint density at radius 3 is 2.12 bits per heavy atom. The molecule has 104 valence electrons. The van der Waals surface area contributed by atoms with Gasteiger partial charge in [-0.15, -0.1) is 0 Å². The van der Waals surface area contributed by atoms with E-state index in [9.17, 15) is 0 Å². The fourth-order valence-corrected chi connectivity index (χ4v) is 1.98. The number of hydrogen-bond donors (Lipinski definition) is 1. The molecule has 0 aliphatic heterocycles. The van der Waals surface area contributed by atoms with Gasteiger partial charge < -0.3 is 10.2 Å². The third kappa shape index (κ3) is 7.77. The van der Waals surface area contributed by atoms with E-state index in [0.717, 1.165) is 6.54 Å². The monoisotopic (exact) mass is 242 g/mol. The predicted octanol–water partition coefficient (Wildman–Crippen LogP) is 3.52. The molecule has 0 spiro atoms. The van der Waals surface area contributed by atoms with Crippen molar-refractivity contribution in [3.63, 3.8) is 0 Å². The molecule has 0 aliphatic rings. The molecule has 0 saturated carbocycles. The summed E-state index contributed by atoms with van der Waals surface area (Å²) in [5, 5.41) is 3.71. The lowest BCUT2D eigenvalue weighted by molar-refractivity contribution is 0.176. The lowest BCUT2D eigenvalue weighted by Crippen LogP contribution is -2.49. The van der Waals surface area contributed by atoms with Crippen LogP contribution in [0.4, 0.5) is 0 Å². The second-order valence-electron chi connectivity index (χ2n) is 6.12. The number of rotatable bonds is 9. The van der Waals surface area contributed by atoms with Gasteiger partial charge in [0.25, 0.3) is 0 Å². The Bertz CT molecular complexity index is 172. The maximum atomic E-state index is 3.71. The van der Waals surface area contributed by atoms with Crippen LogP contribution >= 0.6 is 0 Å². The summed E-state index contributed by atoms with van der Waals surface area (Å²) in [5.41, 5.74) is 0.342. The molecular formula is C15H34N2. The minimum Gasteiger partial charge on any atom is -0.312 e. The minimum absolute atomic E-state index is 0.342. The van der Waals surface area contributed by atoms with Gasteiger partial charge in [0, 0.05) is 12.6 Å². The van der Waals surface area contributed by atoms with Crippen molar-refractivity contribution in [3.8, 4) is 0 Å². The maximum absolute atomic E-state index is 3.71. The molecule has 0 saturated heterocycles. The van der Waals surface area contributed by atoms with Gasteiger partial charge in [0.1, 0.15) is 0 Å². The van der Waals surface area contributed by atoms with E-state index in [-0.39, 0.29) is 0 Å². The SMILES string of the molecule is CCCCN(CC)CC(NCCC)C(C)(C)C. The number of nitrogens with one attached hydrogen (secondary N) is 1. The van der Waals surface area contributed by atoms with Crippen molar-refractivity contribution >= 4 is 0 Å². The third-order valence-electron chi connectivity index (χ3n) is 3.40. The molecule has 2 heteroatoms. The molecule has 0 fully saturated rings. The van der Waals surface area contributed by atoms with Gasteiger partial charge in [0.05, 0.1) is 0 Å². The van der Waals surface area contributed by atoms with Crippen LogP contribution in [-0.2, 0) is 0 Å². The summed E-state index contributed by atoms with van der Waals surface area (Å²) in [6.45, 7) is 18.5. The molecule has 0 aromatic rings. The lowest BCUT2D eigenvalue weighted by atomic mass is 9.86. The van der Waals surface area contributed by atoms with E-state index in [1.54, 1.807) is 0 Å². The van der Waals surface area contributed by atoms with E-state index in [1.807, 2.05) is 0 Å². The number of likely N-dealkylation sites (N-methyl/N-ethyl adjacent to an activating group) is 1. The number of unbranched alkanes of at least 4 members (excludes halogenated alkanes) is 1. The fourth-order valence-electron chi connectivity index (χ4n) is 1.98. The van der Waals surface area contributed by atoms with Gasteiger partial charge >= 0.3 is 0 Å². The molecule has 0 radical (unpaired) electrons. The normalized spacial score (nSPS) is 14.3. The first-order valence-corrected chi connectivity index (χ1v) is 7.41. The van der Waals surface area contributed by atoms with Crippen molar-refractivity contribution in [2.75, 3.05) is 26.2 Å². The first-order valence-electron chi connectivity index (χ1n) is 7.41. The molecule has 0 aromatic heterocycles. The maximum Gasteiger partial charge on any atom is 0.0243 e. The lowest BCUT2D eigenvalue weighted by Gasteiger charge is -2.36. The van der Waals surface area contributed by atoms with Gasteiger partial charge in [-0.05, 0) is 37.9 Å². The van der Waals surface area contributed by atoms with Gasteiger partial charge in [-0.3, -0.25) is 0 Å². The standard InChI is InChI=1S/C15H34N2/c1-7-10-12-17(9-3)13-14(15(4,5)6)16-11-8-2/h14,16H,7-13H2,1-6H3. The smallest absolute Gasteiger partial charge is 0.0243 e. The highest BCUT2D eigenvalue weighted by atomic mass is 15.1. The van der Waals surface area contributed by atoms with Crippen LogP contribution in [0.1, 0.15) is 60.8 Å². The van der Waals surface area contributed by atoms with E-state index in [4.69, 9.17) is 0 Å². The zero-order valence-electron chi connectivity index (χ0n) is 13.0. The average molecular weight is 242 g/mol. The summed E-state index contributed by atoms with van der Waals surface area (Å²) in [5.74, 6) is 0. The van der Waals surface area contributed by atoms with E-state index < -0.39 is 0 Å². The van der Waals surface area contributed by atoms with Crippen molar-refractivity contribution in [1.82, 2.24) is 10.2 Å². The van der Waals surface area contributed by atoms with E-state index in [2.05, 4.69) is 51.8 Å². The molecule has 2 nitrogen and oxygen atoms in total. The predicted molar refractivity (Wildman–Crippen MR) is 78.6 cm³/mol. The summed E-state index contributed by atoms with van der Waals surface area (Å²) in [7, 11) is 0. The van der Waals surface area contributed by atoms with Crippen LogP contribution in [0, 0.1) is 5.41 Å². The molecular weight excluding hydrogens is 208 g/mol. The topological polar surface area (TPSA) is 15.3 Å². The van der Waals surface area contributed by atoms with Gasteiger partial charge in [-0.1, -0.05) is 48.0 Å². The summed E-state index contributed by atoms with van der Waals surface area (Å²) in [6, 6.07) is 0.597. The molecule has 0 rings (SSSR count). The molecule has 0 amide bonds. The van der Waals surface area contributed by atoms with E-state index in [0.29, 0.717) is 11.5 Å². The minimum atomic E-state index is 0.342. The van der Waals surface area contributed by atoms with Crippen LogP contribution in [0.25, 0.3) is 0 Å². The van der Waals surface area contributed by atoms with E-state index >= 15 is 0 Å². The molecule has 0 heterocycles. The van der Waals surface area contributed by atoms with Crippen molar-refractivity contribution in [3.05, 3.63) is 0 Å². The highest BCUT2D eigenvalue weighted by Gasteiger charge is 2.25. The Balaban J connectivity index is 4.27. The van der Waals surface area contributed by atoms with Gasteiger partial charge in [0.15, 0.2) is 0 Å². The third-order valence-corrected chi connectivity index (χ3v) is 3.40. The zero-order chi connectivity index (χ0) is 13.3. The summed E-state index contributed by atoms with van der Waals surface area (Å²) in [6.07, 6.45) is 3.82. The summed E-state index contributed by atoms with van der Waals surface area (Å²) in [4.78, 5) is 2.59. The highest BCUT2D eigenvalue weighted by molar-refractivity contribution is 4.83. The van der Waals surface area contributed by atoms with Crippen LogP contribution in [-0.4, -0.2) is 37.1 Å². The van der Waals surface area contributed by atoms with Crippen molar-refractivity contribution in [2.45, 2.75) is 66.8 Å². The van der Waals surface area contributed by atoms with Crippen LogP contribution in [0.15, 0.2) is 0 Å². The Kier molecular flexibility index (Phi) is 8.89. The second-order valence-corrected chi connectivity index (χ2v) is 6.12. The summed E-state index contributed by atoms with van der Waals surface area (Å²) < 4.78 is 0. The highest BCUT2D eigenvalue weighted by Crippen LogP contribution is 2.20. The van der Waals surface area contributed by atoms with Crippen molar-refractivity contribution in [1.29, 1.82) is 0 Å². The molecule has 17 heavy (non-hydrogen) atoms.